The fourth-order valence-electron chi connectivity index (χ4n) is 2.28. The molecule has 1 unspecified atom stereocenters. The highest BCUT2D eigenvalue weighted by molar-refractivity contribution is 7.88. The van der Waals surface area contributed by atoms with Crippen LogP contribution in [0.5, 0.6) is 0 Å². The lowest BCUT2D eigenvalue weighted by Crippen LogP contribution is -2.21. The van der Waals surface area contributed by atoms with Crippen molar-refractivity contribution in [3.63, 3.8) is 0 Å². The quantitative estimate of drug-likeness (QED) is 0.610. The Morgan fingerprint density at radius 1 is 1.09 bits per heavy atom. The van der Waals surface area contributed by atoms with Gasteiger partial charge in [-0.25, -0.2) is 0 Å². The minimum atomic E-state index is -3.71. The van der Waals surface area contributed by atoms with E-state index in [1.165, 1.54) is 7.11 Å². The van der Waals surface area contributed by atoms with Crippen LogP contribution >= 0.6 is 18.7 Å². The summed E-state index contributed by atoms with van der Waals surface area (Å²) in [6.45, 7) is 1.71. The van der Waals surface area contributed by atoms with E-state index in [0.717, 1.165) is 0 Å². The minimum Gasteiger partial charge on any atom is -0.469 e. The topological polar surface area (TPSA) is 60.4 Å². The number of carbonyl (C=O) groups is 2. The molecule has 0 heterocycles. The van der Waals surface area contributed by atoms with Gasteiger partial charge in [-0.2, -0.15) is 0 Å². The van der Waals surface area contributed by atoms with Crippen LogP contribution in [0.1, 0.15) is 15.9 Å². The Morgan fingerprint density at radius 3 is 2.30 bits per heavy atom. The maximum atomic E-state index is 13.5. The Balaban J connectivity index is 2.61. The van der Waals surface area contributed by atoms with Gasteiger partial charge in [-0.05, 0) is 18.6 Å². The molecule has 120 valence electrons. The number of rotatable bonds is 5. The summed E-state index contributed by atoms with van der Waals surface area (Å²) >= 11 is 6.13. The average molecular weight is 351 g/mol. The van der Waals surface area contributed by atoms with Crippen LogP contribution in [0.25, 0.3) is 0 Å². The van der Waals surface area contributed by atoms with Crippen LogP contribution in [0.4, 0.5) is 0 Å². The average Bonchev–Trinajstić information content (AvgIpc) is 2.55. The van der Waals surface area contributed by atoms with E-state index < -0.39 is 24.8 Å². The molecule has 0 amide bonds. The third-order valence-electron chi connectivity index (χ3n) is 3.52. The molecule has 0 saturated carbocycles. The number of aryl methyl sites for hydroxylation is 1. The molecule has 0 bridgehead atoms. The SMILES string of the molecule is COC(=O)CP(=O)(C(=O)c1c(C)cccc1Cl)c1ccccc1. The smallest absolute Gasteiger partial charge is 0.313 e. The number of benzene rings is 2. The molecule has 2 rings (SSSR count). The predicted molar refractivity (Wildman–Crippen MR) is 91.1 cm³/mol. The first-order valence-electron chi connectivity index (χ1n) is 6.91. The number of halogens is 1. The first-order valence-corrected chi connectivity index (χ1v) is 9.18. The molecule has 0 N–H and O–H groups in total. The summed E-state index contributed by atoms with van der Waals surface area (Å²) in [6, 6.07) is 13.2. The van der Waals surface area contributed by atoms with Gasteiger partial charge in [0.2, 0.25) is 5.52 Å². The highest BCUT2D eigenvalue weighted by Gasteiger charge is 2.38. The van der Waals surface area contributed by atoms with Gasteiger partial charge in [-0.3, -0.25) is 9.59 Å². The standard InChI is InChI=1S/C17H16ClO4P/c1-12-7-6-10-14(18)16(12)17(20)23(21,11-15(19)22-2)13-8-4-3-5-9-13/h3-10H,11H2,1-2H3. The van der Waals surface area contributed by atoms with Crippen LogP contribution < -0.4 is 5.30 Å². The lowest BCUT2D eigenvalue weighted by Gasteiger charge is -2.18. The maximum Gasteiger partial charge on any atom is 0.313 e. The number of hydrogen-bond acceptors (Lipinski definition) is 4. The summed E-state index contributed by atoms with van der Waals surface area (Å²) in [7, 11) is -2.51. The summed E-state index contributed by atoms with van der Waals surface area (Å²) < 4.78 is 18.1. The van der Waals surface area contributed by atoms with Gasteiger partial charge in [0.25, 0.3) is 0 Å². The molecule has 0 radical (unpaired) electrons. The van der Waals surface area contributed by atoms with E-state index in [2.05, 4.69) is 4.74 Å². The van der Waals surface area contributed by atoms with E-state index in [9.17, 15) is 14.2 Å². The van der Waals surface area contributed by atoms with Crippen molar-refractivity contribution in [3.05, 3.63) is 64.7 Å². The number of hydrogen-bond donors (Lipinski definition) is 0. The van der Waals surface area contributed by atoms with Crippen molar-refractivity contribution in [3.8, 4) is 0 Å². The molecule has 0 aliphatic heterocycles. The molecule has 0 spiro atoms. The van der Waals surface area contributed by atoms with Crippen LogP contribution in [0, 0.1) is 6.92 Å². The number of carbonyl (C=O) groups excluding carboxylic acids is 2. The Hall–Kier alpha value is -1.90. The highest BCUT2D eigenvalue weighted by atomic mass is 35.5. The van der Waals surface area contributed by atoms with Crippen LogP contribution in [-0.4, -0.2) is 24.8 Å². The van der Waals surface area contributed by atoms with E-state index in [0.29, 0.717) is 10.9 Å². The monoisotopic (exact) mass is 350 g/mol. The second kappa shape index (κ2) is 7.12. The molecule has 0 aliphatic rings. The summed E-state index contributed by atoms with van der Waals surface area (Å²) in [5.74, 6) is -0.699. The van der Waals surface area contributed by atoms with Gasteiger partial charge in [-0.15, -0.1) is 0 Å². The van der Waals surface area contributed by atoms with E-state index >= 15 is 0 Å². The van der Waals surface area contributed by atoms with Crippen LogP contribution in [0.15, 0.2) is 48.5 Å². The van der Waals surface area contributed by atoms with Crippen molar-refractivity contribution in [2.45, 2.75) is 6.92 Å². The van der Waals surface area contributed by atoms with Gasteiger partial charge in [0.1, 0.15) is 6.16 Å². The van der Waals surface area contributed by atoms with Crippen molar-refractivity contribution in [2.75, 3.05) is 13.3 Å². The Bertz CT molecular complexity index is 766. The lowest BCUT2D eigenvalue weighted by atomic mass is 10.1. The number of methoxy groups -OCH3 is 1. The molecular weight excluding hydrogens is 335 g/mol. The van der Waals surface area contributed by atoms with E-state index in [4.69, 9.17) is 11.6 Å². The van der Waals surface area contributed by atoms with Crippen molar-refractivity contribution in [1.82, 2.24) is 0 Å². The zero-order valence-corrected chi connectivity index (χ0v) is 14.4. The molecule has 2 aromatic rings. The molecule has 2 aromatic carbocycles. The van der Waals surface area contributed by atoms with Crippen LogP contribution in [0.2, 0.25) is 5.02 Å². The summed E-state index contributed by atoms with van der Waals surface area (Å²) in [5.41, 5.74) is 0.172. The van der Waals surface area contributed by atoms with Gasteiger partial charge < -0.3 is 9.30 Å². The summed E-state index contributed by atoms with van der Waals surface area (Å²) in [5, 5.41) is 0.533. The Morgan fingerprint density at radius 2 is 1.74 bits per heavy atom. The van der Waals surface area contributed by atoms with Gasteiger partial charge in [0.05, 0.1) is 12.1 Å². The van der Waals surface area contributed by atoms with Crippen molar-refractivity contribution >= 4 is 35.5 Å². The molecule has 4 nitrogen and oxygen atoms in total. The Kier molecular flexibility index (Phi) is 5.40. The van der Waals surface area contributed by atoms with Crippen molar-refractivity contribution < 1.29 is 18.9 Å². The Labute approximate surface area is 139 Å². The number of esters is 1. The van der Waals surface area contributed by atoms with Crippen molar-refractivity contribution in [1.29, 1.82) is 0 Å². The second-order valence-corrected chi connectivity index (χ2v) is 8.17. The zero-order chi connectivity index (χ0) is 17.0. The van der Waals surface area contributed by atoms with Gasteiger partial charge in [0, 0.05) is 10.9 Å². The third kappa shape index (κ3) is 3.54. The minimum absolute atomic E-state index is 0.185. The molecule has 1 atom stereocenters. The van der Waals surface area contributed by atoms with E-state index in [1.54, 1.807) is 55.5 Å². The van der Waals surface area contributed by atoms with Gasteiger partial charge >= 0.3 is 5.97 Å². The van der Waals surface area contributed by atoms with Crippen LogP contribution in [-0.2, 0) is 14.1 Å². The second-order valence-electron chi connectivity index (χ2n) is 5.05. The van der Waals surface area contributed by atoms with Crippen LogP contribution in [0.3, 0.4) is 0 Å². The van der Waals surface area contributed by atoms with E-state index in [1.807, 2.05) is 0 Å². The molecule has 23 heavy (non-hydrogen) atoms. The number of ether oxygens (including phenoxy) is 1. The largest absolute Gasteiger partial charge is 0.469 e. The molecule has 6 heteroatoms. The normalized spacial score (nSPS) is 13.2. The molecule has 0 saturated heterocycles. The third-order valence-corrected chi connectivity index (χ3v) is 6.55. The maximum absolute atomic E-state index is 13.5. The summed E-state index contributed by atoms with van der Waals surface area (Å²) in [6.07, 6.45) is -0.489. The lowest BCUT2D eigenvalue weighted by molar-refractivity contribution is -0.137. The van der Waals surface area contributed by atoms with Gasteiger partial charge in [0.15, 0.2) is 7.14 Å². The highest BCUT2D eigenvalue weighted by Crippen LogP contribution is 2.49. The first kappa shape index (κ1) is 17.5. The molecule has 0 aliphatic carbocycles. The van der Waals surface area contributed by atoms with Gasteiger partial charge in [-0.1, -0.05) is 54.1 Å². The molecule has 0 aromatic heterocycles. The molecule has 0 fully saturated rings. The zero-order valence-electron chi connectivity index (χ0n) is 12.8. The first-order chi connectivity index (χ1) is 10.9. The molecular formula is C17H16ClO4P. The summed E-state index contributed by atoms with van der Waals surface area (Å²) in [4.78, 5) is 24.7. The predicted octanol–water partition coefficient (Wildman–Crippen LogP) is 3.65. The van der Waals surface area contributed by atoms with E-state index in [-0.39, 0.29) is 10.6 Å². The van der Waals surface area contributed by atoms with Crippen molar-refractivity contribution in [2.24, 2.45) is 0 Å². The fourth-order valence-corrected chi connectivity index (χ4v) is 5.02. The fraction of sp³-hybridized carbons (Fsp3) is 0.176.